The number of nitriles is 1. The number of allylic oxidation sites excluding steroid dienone is 2. The van der Waals surface area contributed by atoms with Gasteiger partial charge in [-0.05, 0) is 99.8 Å². The maximum Gasteiger partial charge on any atom is 0.309 e. The molecule has 1 aromatic carbocycles. The lowest BCUT2D eigenvalue weighted by Crippen LogP contribution is -2.29. The highest BCUT2D eigenvalue weighted by atomic mass is 19.1. The van der Waals surface area contributed by atoms with Crippen molar-refractivity contribution < 1.29 is 18.3 Å². The Labute approximate surface area is 171 Å². The lowest BCUT2D eigenvalue weighted by Gasteiger charge is -2.31. The van der Waals surface area contributed by atoms with Crippen LogP contribution in [0.1, 0.15) is 75.7 Å². The molecule has 0 unspecified atom stereocenters. The first-order valence-corrected chi connectivity index (χ1v) is 10.8. The van der Waals surface area contributed by atoms with E-state index in [-0.39, 0.29) is 23.8 Å². The van der Waals surface area contributed by atoms with Crippen LogP contribution in [0.15, 0.2) is 36.2 Å². The van der Waals surface area contributed by atoms with Crippen LogP contribution in [0.3, 0.4) is 0 Å². The predicted octanol–water partition coefficient (Wildman–Crippen LogP) is 6.36. The molecule has 2 aliphatic rings. The molecular formula is C24H29F2NO2. The third-order valence-electron chi connectivity index (χ3n) is 6.48. The lowest BCUT2D eigenvalue weighted by molar-refractivity contribution is -0.157. The number of rotatable bonds is 6. The summed E-state index contributed by atoms with van der Waals surface area (Å²) < 4.78 is 31.7. The minimum absolute atomic E-state index is 0.00369. The van der Waals surface area contributed by atoms with Crippen LogP contribution >= 0.6 is 0 Å². The Hall–Kier alpha value is -2.22. The van der Waals surface area contributed by atoms with Crippen molar-refractivity contribution in [2.75, 3.05) is 0 Å². The largest absolute Gasteiger partial charge is 0.462 e. The molecular weight excluding hydrogens is 372 g/mol. The van der Waals surface area contributed by atoms with Crippen LogP contribution in [0.4, 0.5) is 8.78 Å². The van der Waals surface area contributed by atoms with Crippen molar-refractivity contribution in [1.82, 2.24) is 0 Å². The van der Waals surface area contributed by atoms with Crippen molar-refractivity contribution in [1.29, 1.82) is 5.26 Å². The van der Waals surface area contributed by atoms with E-state index in [0.717, 1.165) is 57.8 Å². The second-order valence-electron chi connectivity index (χ2n) is 8.42. The zero-order valence-corrected chi connectivity index (χ0v) is 16.8. The lowest BCUT2D eigenvalue weighted by atomic mass is 9.79. The van der Waals surface area contributed by atoms with E-state index in [4.69, 9.17) is 10.00 Å². The molecule has 3 nitrogen and oxygen atoms in total. The Bertz CT molecular complexity index is 737. The summed E-state index contributed by atoms with van der Waals surface area (Å²) in [4.78, 5) is 12.5. The molecule has 0 aromatic heterocycles. The molecule has 0 saturated heterocycles. The summed E-state index contributed by atoms with van der Waals surface area (Å²) in [5.74, 6) is -0.0984. The molecule has 0 radical (unpaired) electrons. The molecule has 0 atom stereocenters. The Morgan fingerprint density at radius 1 is 1.07 bits per heavy atom. The molecule has 156 valence electrons. The van der Waals surface area contributed by atoms with E-state index >= 15 is 0 Å². The van der Waals surface area contributed by atoms with E-state index in [9.17, 15) is 13.6 Å². The van der Waals surface area contributed by atoms with Crippen molar-refractivity contribution >= 4 is 5.97 Å². The molecule has 0 N–H and O–H groups in total. The summed E-state index contributed by atoms with van der Waals surface area (Å²) in [5, 5.41) is 8.43. The van der Waals surface area contributed by atoms with Gasteiger partial charge in [-0.3, -0.25) is 4.79 Å². The molecule has 2 saturated carbocycles. The Morgan fingerprint density at radius 2 is 1.72 bits per heavy atom. The minimum atomic E-state index is -0.712. The highest BCUT2D eigenvalue weighted by Gasteiger charge is 2.30. The molecule has 0 aliphatic heterocycles. The quantitative estimate of drug-likeness (QED) is 0.412. The van der Waals surface area contributed by atoms with E-state index in [1.807, 2.05) is 12.1 Å². The van der Waals surface area contributed by atoms with E-state index in [2.05, 4.69) is 0 Å². The number of halogens is 2. The van der Waals surface area contributed by atoms with Crippen molar-refractivity contribution in [3.05, 3.63) is 47.5 Å². The van der Waals surface area contributed by atoms with Gasteiger partial charge in [0.15, 0.2) is 5.83 Å². The second kappa shape index (κ2) is 10.5. The zero-order chi connectivity index (χ0) is 20.6. The highest BCUT2D eigenvalue weighted by Crippen LogP contribution is 2.36. The zero-order valence-electron chi connectivity index (χ0n) is 16.8. The number of nitrogens with zero attached hydrogens (tertiary/aromatic N) is 1. The first-order valence-electron chi connectivity index (χ1n) is 10.8. The fourth-order valence-corrected chi connectivity index (χ4v) is 4.69. The standard InChI is InChI=1S/C24H29F2NO2/c25-21-12-8-18(9-13-21)19-10-14-23(15-11-19)29-24(28)20-6-4-17(5-7-20)2-1-3-22(26)16-27/h3,8-9,12-13,17,19-20,23H,1-2,4-7,10-11,14-15H2/t17-,19-,20-,23-. The van der Waals surface area contributed by atoms with Gasteiger partial charge in [-0.1, -0.05) is 12.1 Å². The van der Waals surface area contributed by atoms with Gasteiger partial charge in [-0.2, -0.15) is 9.65 Å². The molecule has 1 aromatic rings. The van der Waals surface area contributed by atoms with Crippen molar-refractivity contribution in [2.24, 2.45) is 11.8 Å². The average molecular weight is 401 g/mol. The van der Waals surface area contributed by atoms with Crippen LogP contribution in [0.5, 0.6) is 0 Å². The molecule has 5 heteroatoms. The van der Waals surface area contributed by atoms with Gasteiger partial charge >= 0.3 is 5.97 Å². The van der Waals surface area contributed by atoms with Gasteiger partial charge in [0, 0.05) is 0 Å². The summed E-state index contributed by atoms with van der Waals surface area (Å²) in [7, 11) is 0. The van der Waals surface area contributed by atoms with E-state index < -0.39 is 5.83 Å². The van der Waals surface area contributed by atoms with Gasteiger partial charge in [0.25, 0.3) is 0 Å². The number of carbonyl (C=O) groups excluding carboxylic acids is 1. The van der Waals surface area contributed by atoms with E-state index in [1.54, 1.807) is 0 Å². The van der Waals surface area contributed by atoms with Crippen molar-refractivity contribution in [3.63, 3.8) is 0 Å². The van der Waals surface area contributed by atoms with Crippen LogP contribution in [0, 0.1) is 29.0 Å². The summed E-state index contributed by atoms with van der Waals surface area (Å²) in [6, 6.07) is 8.22. The van der Waals surface area contributed by atoms with Crippen molar-refractivity contribution in [3.8, 4) is 6.07 Å². The van der Waals surface area contributed by atoms with E-state index in [1.165, 1.54) is 29.8 Å². The van der Waals surface area contributed by atoms with Gasteiger partial charge in [0.05, 0.1) is 5.92 Å². The first-order chi connectivity index (χ1) is 14.0. The average Bonchev–Trinajstić information content (AvgIpc) is 2.75. The second-order valence-corrected chi connectivity index (χ2v) is 8.42. The normalized spacial score (nSPS) is 27.8. The maximum absolute atomic E-state index is 13.1. The third-order valence-corrected chi connectivity index (χ3v) is 6.48. The molecule has 0 bridgehead atoms. The number of hydrogen-bond donors (Lipinski definition) is 0. The number of benzene rings is 1. The van der Waals surface area contributed by atoms with Gasteiger partial charge < -0.3 is 4.74 Å². The van der Waals surface area contributed by atoms with Crippen LogP contribution in [-0.2, 0) is 9.53 Å². The fourth-order valence-electron chi connectivity index (χ4n) is 4.69. The minimum Gasteiger partial charge on any atom is -0.462 e. The first kappa shape index (κ1) is 21.5. The molecule has 0 amide bonds. The smallest absolute Gasteiger partial charge is 0.309 e. The predicted molar refractivity (Wildman–Crippen MR) is 107 cm³/mol. The SMILES string of the molecule is N#CC(F)=CCC[C@H]1CC[C@H](C(=O)O[C@H]2CC[C@H](c3ccc(F)cc3)CC2)CC1. The van der Waals surface area contributed by atoms with Crippen molar-refractivity contribution in [2.45, 2.75) is 76.2 Å². The summed E-state index contributed by atoms with van der Waals surface area (Å²) in [6.07, 6.45) is 10.0. The van der Waals surface area contributed by atoms with Crippen LogP contribution in [0.25, 0.3) is 0 Å². The number of esters is 1. The Morgan fingerprint density at radius 3 is 2.34 bits per heavy atom. The van der Waals surface area contributed by atoms with Crippen LogP contribution in [0.2, 0.25) is 0 Å². The Balaban J connectivity index is 1.36. The van der Waals surface area contributed by atoms with E-state index in [0.29, 0.717) is 18.3 Å². The number of hydrogen-bond acceptors (Lipinski definition) is 3. The summed E-state index contributed by atoms with van der Waals surface area (Å²) >= 11 is 0. The summed E-state index contributed by atoms with van der Waals surface area (Å²) in [5.41, 5.74) is 1.17. The topological polar surface area (TPSA) is 50.1 Å². The Kier molecular flexibility index (Phi) is 7.80. The number of ether oxygens (including phenoxy) is 1. The third kappa shape index (κ3) is 6.39. The molecule has 0 heterocycles. The molecule has 3 rings (SSSR count). The van der Waals surface area contributed by atoms with Gasteiger partial charge in [0.2, 0.25) is 0 Å². The number of carbonyl (C=O) groups is 1. The van der Waals surface area contributed by atoms with Gasteiger partial charge in [-0.15, -0.1) is 0 Å². The maximum atomic E-state index is 13.1. The molecule has 29 heavy (non-hydrogen) atoms. The molecule has 2 fully saturated rings. The molecule has 2 aliphatic carbocycles. The molecule has 0 spiro atoms. The fraction of sp³-hybridized carbons (Fsp3) is 0.583. The van der Waals surface area contributed by atoms with Gasteiger partial charge in [-0.25, -0.2) is 4.39 Å². The highest BCUT2D eigenvalue weighted by molar-refractivity contribution is 5.72. The van der Waals surface area contributed by atoms with Crippen LogP contribution in [-0.4, -0.2) is 12.1 Å². The van der Waals surface area contributed by atoms with Crippen LogP contribution < -0.4 is 0 Å². The van der Waals surface area contributed by atoms with Gasteiger partial charge in [0.1, 0.15) is 18.0 Å². The summed E-state index contributed by atoms with van der Waals surface area (Å²) in [6.45, 7) is 0. The monoisotopic (exact) mass is 401 g/mol.